The topological polar surface area (TPSA) is 28.2 Å². The Hall–Kier alpha value is -0.800. The Labute approximate surface area is 127 Å². The van der Waals surface area contributed by atoms with Crippen LogP contribution >= 0.6 is 11.6 Å². The van der Waals surface area contributed by atoms with Crippen LogP contribution in [0.4, 0.5) is 5.82 Å². The molecule has 0 amide bonds. The molecule has 0 atom stereocenters. The van der Waals surface area contributed by atoms with Crippen LogP contribution in [0.3, 0.4) is 0 Å². The van der Waals surface area contributed by atoms with Gasteiger partial charge in [0, 0.05) is 19.6 Å². The molecule has 0 bridgehead atoms. The van der Waals surface area contributed by atoms with Gasteiger partial charge in [-0.15, -0.1) is 0 Å². The minimum Gasteiger partial charge on any atom is -0.357 e. The second-order valence-corrected chi connectivity index (χ2v) is 6.02. The van der Waals surface area contributed by atoms with E-state index in [2.05, 4.69) is 24.1 Å². The van der Waals surface area contributed by atoms with Crippen LogP contribution in [0, 0.1) is 5.92 Å². The van der Waals surface area contributed by atoms with Gasteiger partial charge in [0.15, 0.2) is 0 Å². The van der Waals surface area contributed by atoms with E-state index < -0.39 is 0 Å². The Morgan fingerprint density at radius 1 is 1.35 bits per heavy atom. The monoisotopic (exact) mass is 295 g/mol. The number of anilines is 1. The van der Waals surface area contributed by atoms with Crippen LogP contribution in [0.5, 0.6) is 0 Å². The maximum absolute atomic E-state index is 6.25. The lowest BCUT2D eigenvalue weighted by Gasteiger charge is -2.32. The average molecular weight is 296 g/mol. The van der Waals surface area contributed by atoms with E-state index >= 15 is 0 Å². The van der Waals surface area contributed by atoms with Gasteiger partial charge in [-0.05, 0) is 50.8 Å². The number of hydrogen-bond donors (Lipinski definition) is 1. The summed E-state index contributed by atoms with van der Waals surface area (Å²) >= 11 is 6.25. The van der Waals surface area contributed by atoms with Gasteiger partial charge >= 0.3 is 0 Å². The number of halogens is 1. The molecule has 0 unspecified atom stereocenters. The molecule has 1 aliphatic carbocycles. The van der Waals surface area contributed by atoms with Crippen LogP contribution in [-0.2, 0) is 6.54 Å². The Kier molecular flexibility index (Phi) is 6.11. The standard InChI is InChI=1S/C16H26ClN3/c1-3-10-18-11-15-14(17)8-9-16(19-15)20(4-2)12-13-6-5-7-13/h8-9,13,18H,3-7,10-12H2,1-2H3. The summed E-state index contributed by atoms with van der Waals surface area (Å²) < 4.78 is 0. The van der Waals surface area contributed by atoms with Crippen molar-refractivity contribution in [3.63, 3.8) is 0 Å². The smallest absolute Gasteiger partial charge is 0.128 e. The lowest BCUT2D eigenvalue weighted by molar-refractivity contribution is 0.318. The largest absolute Gasteiger partial charge is 0.357 e. The van der Waals surface area contributed by atoms with Crippen molar-refractivity contribution in [2.24, 2.45) is 5.92 Å². The number of aromatic nitrogens is 1. The zero-order chi connectivity index (χ0) is 14.4. The van der Waals surface area contributed by atoms with Crippen molar-refractivity contribution >= 4 is 17.4 Å². The number of rotatable bonds is 8. The molecular formula is C16H26ClN3. The van der Waals surface area contributed by atoms with E-state index in [0.29, 0.717) is 0 Å². The van der Waals surface area contributed by atoms with E-state index in [1.165, 1.54) is 19.3 Å². The molecule has 20 heavy (non-hydrogen) atoms. The molecule has 1 aliphatic rings. The Balaban J connectivity index is 2.03. The van der Waals surface area contributed by atoms with Gasteiger partial charge in [-0.2, -0.15) is 0 Å². The zero-order valence-electron chi connectivity index (χ0n) is 12.7. The fourth-order valence-corrected chi connectivity index (χ4v) is 2.70. The van der Waals surface area contributed by atoms with Crippen molar-refractivity contribution in [3.8, 4) is 0 Å². The first kappa shape index (κ1) is 15.6. The molecule has 1 fully saturated rings. The van der Waals surface area contributed by atoms with E-state index in [-0.39, 0.29) is 0 Å². The Morgan fingerprint density at radius 2 is 2.15 bits per heavy atom. The van der Waals surface area contributed by atoms with Crippen LogP contribution in [0.15, 0.2) is 12.1 Å². The molecule has 1 aromatic heterocycles. The maximum Gasteiger partial charge on any atom is 0.128 e. The molecule has 1 saturated carbocycles. The SMILES string of the molecule is CCCNCc1nc(N(CC)CC2CCC2)ccc1Cl. The van der Waals surface area contributed by atoms with Crippen molar-refractivity contribution in [1.29, 1.82) is 0 Å². The van der Waals surface area contributed by atoms with E-state index in [1.807, 2.05) is 12.1 Å². The summed E-state index contributed by atoms with van der Waals surface area (Å²) in [5.41, 5.74) is 0.963. The molecule has 0 spiro atoms. The summed E-state index contributed by atoms with van der Waals surface area (Å²) in [5, 5.41) is 4.14. The third kappa shape index (κ3) is 4.10. The fourth-order valence-electron chi connectivity index (χ4n) is 2.53. The van der Waals surface area contributed by atoms with Crippen LogP contribution < -0.4 is 10.2 Å². The average Bonchev–Trinajstić information content (AvgIpc) is 2.41. The van der Waals surface area contributed by atoms with Gasteiger partial charge in [-0.25, -0.2) is 4.98 Å². The second-order valence-electron chi connectivity index (χ2n) is 5.61. The molecule has 1 heterocycles. The van der Waals surface area contributed by atoms with E-state index in [1.54, 1.807) is 0 Å². The highest BCUT2D eigenvalue weighted by atomic mass is 35.5. The third-order valence-corrected chi connectivity index (χ3v) is 4.38. The van der Waals surface area contributed by atoms with E-state index in [9.17, 15) is 0 Å². The number of pyridine rings is 1. The molecule has 2 rings (SSSR count). The van der Waals surface area contributed by atoms with Crippen LogP contribution in [0.2, 0.25) is 5.02 Å². The maximum atomic E-state index is 6.25. The van der Waals surface area contributed by atoms with Crippen LogP contribution in [-0.4, -0.2) is 24.6 Å². The number of nitrogens with zero attached hydrogens (tertiary/aromatic N) is 2. The highest BCUT2D eigenvalue weighted by Crippen LogP contribution is 2.29. The van der Waals surface area contributed by atoms with Gasteiger partial charge in [-0.3, -0.25) is 0 Å². The Bertz CT molecular complexity index is 418. The molecule has 4 heteroatoms. The zero-order valence-corrected chi connectivity index (χ0v) is 13.4. The minimum atomic E-state index is 0.751. The molecule has 3 nitrogen and oxygen atoms in total. The van der Waals surface area contributed by atoms with Crippen molar-refractivity contribution in [2.45, 2.75) is 46.1 Å². The predicted molar refractivity (Wildman–Crippen MR) is 86.5 cm³/mol. The lowest BCUT2D eigenvalue weighted by atomic mass is 9.85. The molecule has 0 radical (unpaired) electrons. The molecular weight excluding hydrogens is 270 g/mol. The summed E-state index contributed by atoms with van der Waals surface area (Å²) in [7, 11) is 0. The minimum absolute atomic E-state index is 0.751. The van der Waals surface area contributed by atoms with Crippen molar-refractivity contribution < 1.29 is 0 Å². The van der Waals surface area contributed by atoms with Gasteiger partial charge in [0.1, 0.15) is 5.82 Å². The van der Waals surface area contributed by atoms with Gasteiger partial charge < -0.3 is 10.2 Å². The predicted octanol–water partition coefficient (Wildman–Crippen LogP) is 3.86. The molecule has 1 N–H and O–H groups in total. The third-order valence-electron chi connectivity index (χ3n) is 4.03. The highest BCUT2D eigenvalue weighted by molar-refractivity contribution is 6.31. The van der Waals surface area contributed by atoms with Gasteiger partial charge in [0.2, 0.25) is 0 Å². The first-order valence-corrected chi connectivity index (χ1v) is 8.23. The van der Waals surface area contributed by atoms with Gasteiger partial charge in [0.05, 0.1) is 10.7 Å². The number of nitrogens with one attached hydrogen (secondary N) is 1. The summed E-state index contributed by atoms with van der Waals surface area (Å²) in [5.74, 6) is 1.92. The normalized spacial score (nSPS) is 15.2. The van der Waals surface area contributed by atoms with Crippen molar-refractivity contribution in [1.82, 2.24) is 10.3 Å². The number of hydrogen-bond acceptors (Lipinski definition) is 3. The molecule has 0 aliphatic heterocycles. The lowest BCUT2D eigenvalue weighted by Crippen LogP contribution is -2.33. The first-order chi connectivity index (χ1) is 9.74. The quantitative estimate of drug-likeness (QED) is 0.738. The second kappa shape index (κ2) is 7.84. The van der Waals surface area contributed by atoms with E-state index in [4.69, 9.17) is 16.6 Å². The highest BCUT2D eigenvalue weighted by Gasteiger charge is 2.21. The van der Waals surface area contributed by atoms with E-state index in [0.717, 1.165) is 55.1 Å². The van der Waals surface area contributed by atoms with Crippen LogP contribution in [0.1, 0.15) is 45.2 Å². The fraction of sp³-hybridized carbons (Fsp3) is 0.688. The summed E-state index contributed by atoms with van der Waals surface area (Å²) in [6.07, 6.45) is 5.26. The van der Waals surface area contributed by atoms with Gasteiger partial charge in [0.25, 0.3) is 0 Å². The first-order valence-electron chi connectivity index (χ1n) is 7.85. The van der Waals surface area contributed by atoms with Crippen molar-refractivity contribution in [2.75, 3.05) is 24.5 Å². The molecule has 1 aromatic rings. The van der Waals surface area contributed by atoms with Crippen LogP contribution in [0.25, 0.3) is 0 Å². The van der Waals surface area contributed by atoms with Gasteiger partial charge in [-0.1, -0.05) is 24.9 Å². The van der Waals surface area contributed by atoms with Crippen molar-refractivity contribution in [3.05, 3.63) is 22.8 Å². The molecule has 0 aromatic carbocycles. The molecule has 0 saturated heterocycles. The summed E-state index contributed by atoms with van der Waals surface area (Å²) in [6, 6.07) is 4.03. The summed E-state index contributed by atoms with van der Waals surface area (Å²) in [6.45, 7) is 8.25. The Morgan fingerprint density at radius 3 is 2.75 bits per heavy atom. The summed E-state index contributed by atoms with van der Waals surface area (Å²) in [4.78, 5) is 7.14. The molecule has 112 valence electrons.